The van der Waals surface area contributed by atoms with Crippen LogP contribution in [0.3, 0.4) is 0 Å². The first kappa shape index (κ1) is 8.55. The number of hydrogen-bond acceptors (Lipinski definition) is 3. The number of carboxylic acids is 1. The lowest BCUT2D eigenvalue weighted by atomic mass is 10.2. The minimum atomic E-state index is -0.958. The molecule has 0 bridgehead atoms. The number of hydrogen-bond donors (Lipinski definition) is 2. The number of nitrogens with zero attached hydrogens (tertiary/aromatic N) is 1. The third-order valence-corrected chi connectivity index (χ3v) is 1.97. The monoisotopic (exact) mass is 192 g/mol. The largest absolute Gasteiger partial charge is 0.480 e. The van der Waals surface area contributed by atoms with Crippen molar-refractivity contribution in [1.82, 2.24) is 10.2 Å². The van der Waals surface area contributed by atoms with Crippen LogP contribution >= 0.6 is 0 Å². The summed E-state index contributed by atoms with van der Waals surface area (Å²) >= 11 is 0. The summed E-state index contributed by atoms with van der Waals surface area (Å²) in [5.74, 6) is -0.489. The Bertz CT molecular complexity index is 490. The van der Waals surface area contributed by atoms with Crippen LogP contribution < -0.4 is 4.74 Å². The molecule has 2 rings (SSSR count). The molecule has 0 radical (unpaired) electrons. The van der Waals surface area contributed by atoms with E-state index in [4.69, 9.17) is 9.84 Å². The molecular formula is C9H8N2O3. The summed E-state index contributed by atoms with van der Waals surface area (Å²) in [4.78, 5) is 10.7. The maximum absolute atomic E-state index is 10.7. The summed E-state index contributed by atoms with van der Waals surface area (Å²) in [5, 5.41) is 16.1. The number of H-pyrrole nitrogens is 1. The molecule has 0 atom stereocenters. The van der Waals surface area contributed by atoms with Crippen molar-refractivity contribution in [3.05, 3.63) is 23.8 Å². The molecule has 0 fully saturated rings. The molecule has 14 heavy (non-hydrogen) atoms. The van der Waals surface area contributed by atoms with Gasteiger partial charge in [-0.05, 0) is 18.2 Å². The van der Waals surface area contributed by atoms with Gasteiger partial charge >= 0.3 is 5.97 Å². The molecule has 0 aliphatic carbocycles. The highest BCUT2D eigenvalue weighted by Crippen LogP contribution is 2.22. The van der Waals surface area contributed by atoms with Crippen molar-refractivity contribution in [2.75, 3.05) is 7.11 Å². The van der Waals surface area contributed by atoms with Gasteiger partial charge in [0.1, 0.15) is 0 Å². The summed E-state index contributed by atoms with van der Waals surface area (Å²) in [5.41, 5.74) is 0.880. The number of carboxylic acid groups (broad SMARTS) is 1. The van der Waals surface area contributed by atoms with E-state index in [1.165, 1.54) is 19.2 Å². The molecule has 0 amide bonds. The molecule has 5 heteroatoms. The lowest BCUT2D eigenvalue weighted by molar-refractivity contribution is 0.0697. The number of benzene rings is 1. The average Bonchev–Trinajstić information content (AvgIpc) is 2.59. The summed E-state index contributed by atoms with van der Waals surface area (Å²) < 4.78 is 4.98. The van der Waals surface area contributed by atoms with E-state index in [0.717, 1.165) is 5.39 Å². The maximum atomic E-state index is 10.7. The van der Waals surface area contributed by atoms with Gasteiger partial charge in [-0.3, -0.25) is 5.10 Å². The van der Waals surface area contributed by atoms with Gasteiger partial charge in [0.05, 0.1) is 23.6 Å². The Balaban J connectivity index is 2.63. The second kappa shape index (κ2) is 3.02. The van der Waals surface area contributed by atoms with Gasteiger partial charge in [0, 0.05) is 0 Å². The highest BCUT2D eigenvalue weighted by molar-refractivity contribution is 5.94. The first-order valence-corrected chi connectivity index (χ1v) is 3.98. The number of aromatic amines is 1. The molecule has 2 N–H and O–H groups in total. The number of ether oxygens (including phenoxy) is 1. The highest BCUT2D eigenvalue weighted by atomic mass is 16.5. The quantitative estimate of drug-likeness (QED) is 0.751. The Kier molecular flexibility index (Phi) is 1.85. The van der Waals surface area contributed by atoms with Crippen molar-refractivity contribution in [1.29, 1.82) is 0 Å². The SMILES string of the molecule is COc1n[nH]c2cc(C(=O)O)ccc12. The van der Waals surface area contributed by atoms with Gasteiger partial charge in [0.2, 0.25) is 5.88 Å². The first-order valence-electron chi connectivity index (χ1n) is 3.98. The van der Waals surface area contributed by atoms with Gasteiger partial charge in [0.25, 0.3) is 0 Å². The van der Waals surface area contributed by atoms with Crippen molar-refractivity contribution in [3.8, 4) is 5.88 Å². The first-order chi connectivity index (χ1) is 6.72. The second-order valence-electron chi connectivity index (χ2n) is 2.80. The Hall–Kier alpha value is -2.04. The van der Waals surface area contributed by atoms with Crippen molar-refractivity contribution >= 4 is 16.9 Å². The van der Waals surface area contributed by atoms with Crippen LogP contribution in [-0.2, 0) is 0 Å². The second-order valence-corrected chi connectivity index (χ2v) is 2.80. The molecule has 0 saturated carbocycles. The summed E-state index contributed by atoms with van der Waals surface area (Å²) in [7, 11) is 1.51. The van der Waals surface area contributed by atoms with E-state index in [1.807, 2.05) is 0 Å². The Morgan fingerprint density at radius 1 is 1.57 bits per heavy atom. The Morgan fingerprint density at radius 2 is 2.36 bits per heavy atom. The smallest absolute Gasteiger partial charge is 0.335 e. The lowest BCUT2D eigenvalue weighted by Gasteiger charge is -1.95. The third-order valence-electron chi connectivity index (χ3n) is 1.97. The summed E-state index contributed by atoms with van der Waals surface area (Å²) in [6.07, 6.45) is 0. The van der Waals surface area contributed by atoms with E-state index >= 15 is 0 Å². The number of aromatic carboxylic acids is 1. The molecule has 0 aliphatic heterocycles. The van der Waals surface area contributed by atoms with E-state index in [-0.39, 0.29) is 5.56 Å². The fourth-order valence-corrected chi connectivity index (χ4v) is 1.28. The zero-order valence-corrected chi connectivity index (χ0v) is 7.44. The van der Waals surface area contributed by atoms with E-state index < -0.39 is 5.97 Å². The fourth-order valence-electron chi connectivity index (χ4n) is 1.28. The van der Waals surface area contributed by atoms with Gasteiger partial charge in [-0.15, -0.1) is 5.10 Å². The van der Waals surface area contributed by atoms with E-state index in [9.17, 15) is 4.79 Å². The number of fused-ring (bicyclic) bond motifs is 1. The molecule has 0 unspecified atom stereocenters. The van der Waals surface area contributed by atoms with Crippen LogP contribution in [0.2, 0.25) is 0 Å². The average molecular weight is 192 g/mol. The number of nitrogens with one attached hydrogen (secondary N) is 1. The fraction of sp³-hybridized carbons (Fsp3) is 0.111. The molecule has 72 valence electrons. The van der Waals surface area contributed by atoms with E-state index in [2.05, 4.69) is 10.2 Å². The van der Waals surface area contributed by atoms with E-state index in [0.29, 0.717) is 11.4 Å². The predicted octanol–water partition coefficient (Wildman–Crippen LogP) is 1.27. The molecule has 0 spiro atoms. The third kappa shape index (κ3) is 1.19. The maximum Gasteiger partial charge on any atom is 0.335 e. The summed E-state index contributed by atoms with van der Waals surface area (Å²) in [6, 6.07) is 4.71. The Labute approximate surface area is 79.3 Å². The van der Waals surface area contributed by atoms with Gasteiger partial charge in [0.15, 0.2) is 0 Å². The number of methoxy groups -OCH3 is 1. The minimum absolute atomic E-state index is 0.226. The molecule has 5 nitrogen and oxygen atoms in total. The van der Waals surface area contributed by atoms with Crippen LogP contribution in [0.4, 0.5) is 0 Å². The summed E-state index contributed by atoms with van der Waals surface area (Å²) in [6.45, 7) is 0. The molecular weight excluding hydrogens is 184 g/mol. The number of aromatic nitrogens is 2. The molecule has 1 aromatic carbocycles. The number of rotatable bonds is 2. The van der Waals surface area contributed by atoms with Crippen molar-refractivity contribution < 1.29 is 14.6 Å². The van der Waals surface area contributed by atoms with Crippen molar-refractivity contribution in [3.63, 3.8) is 0 Å². The molecule has 1 aromatic heterocycles. The standard InChI is InChI=1S/C9H8N2O3/c1-14-8-6-3-2-5(9(12)13)4-7(6)10-11-8/h2-4H,1H3,(H,10,11)(H,12,13). The van der Waals surface area contributed by atoms with Crippen LogP contribution in [0.15, 0.2) is 18.2 Å². The van der Waals surface area contributed by atoms with Gasteiger partial charge in [-0.2, -0.15) is 0 Å². The van der Waals surface area contributed by atoms with Gasteiger partial charge < -0.3 is 9.84 Å². The van der Waals surface area contributed by atoms with Crippen LogP contribution in [0.1, 0.15) is 10.4 Å². The van der Waals surface area contributed by atoms with Crippen molar-refractivity contribution in [2.45, 2.75) is 0 Å². The molecule has 0 aliphatic rings. The van der Waals surface area contributed by atoms with Crippen LogP contribution in [0.25, 0.3) is 10.9 Å². The highest BCUT2D eigenvalue weighted by Gasteiger charge is 2.08. The van der Waals surface area contributed by atoms with Gasteiger partial charge in [-0.25, -0.2) is 4.79 Å². The lowest BCUT2D eigenvalue weighted by Crippen LogP contribution is -1.94. The zero-order valence-electron chi connectivity index (χ0n) is 7.44. The molecule has 0 saturated heterocycles. The van der Waals surface area contributed by atoms with E-state index in [1.54, 1.807) is 6.07 Å². The van der Waals surface area contributed by atoms with Crippen LogP contribution in [0, 0.1) is 0 Å². The number of carbonyl (C=O) groups is 1. The zero-order chi connectivity index (χ0) is 10.1. The predicted molar refractivity (Wildman–Crippen MR) is 49.6 cm³/mol. The minimum Gasteiger partial charge on any atom is -0.480 e. The van der Waals surface area contributed by atoms with Crippen LogP contribution in [0.5, 0.6) is 5.88 Å². The molecule has 1 heterocycles. The van der Waals surface area contributed by atoms with Crippen LogP contribution in [-0.4, -0.2) is 28.4 Å². The molecule has 2 aromatic rings. The van der Waals surface area contributed by atoms with Crippen molar-refractivity contribution in [2.24, 2.45) is 0 Å². The van der Waals surface area contributed by atoms with Gasteiger partial charge in [-0.1, -0.05) is 0 Å². The Morgan fingerprint density at radius 3 is 3.00 bits per heavy atom. The topological polar surface area (TPSA) is 75.2 Å². The normalized spacial score (nSPS) is 10.4.